The van der Waals surface area contributed by atoms with Crippen LogP contribution in [0.2, 0.25) is 5.02 Å². The van der Waals surface area contributed by atoms with Gasteiger partial charge in [0.1, 0.15) is 5.02 Å². The van der Waals surface area contributed by atoms with E-state index in [0.29, 0.717) is 17.3 Å². The van der Waals surface area contributed by atoms with Crippen LogP contribution in [0.4, 0.5) is 11.4 Å². The third-order valence-electron chi connectivity index (χ3n) is 5.46. The van der Waals surface area contributed by atoms with Gasteiger partial charge in [0.2, 0.25) is 0 Å². The third-order valence-corrected chi connectivity index (χ3v) is 5.81. The molecule has 0 N–H and O–H groups in total. The highest BCUT2D eigenvalue weighted by atomic mass is 35.5. The summed E-state index contributed by atoms with van der Waals surface area (Å²) in [5.74, 6) is 0.609. The Hall–Kier alpha value is -2.49. The molecule has 29 heavy (non-hydrogen) atoms. The number of halogens is 1. The van der Waals surface area contributed by atoms with E-state index in [9.17, 15) is 14.9 Å². The number of nitrogens with zero attached hydrogens (tertiary/aromatic N) is 5. The molecule has 2 fully saturated rings. The molecule has 0 spiro atoms. The first-order chi connectivity index (χ1) is 14.0. The zero-order chi connectivity index (χ0) is 20.4. The van der Waals surface area contributed by atoms with Crippen LogP contribution in [0.3, 0.4) is 0 Å². The highest BCUT2D eigenvalue weighted by molar-refractivity contribution is 6.33. The molecule has 1 aromatic carbocycles. The molecule has 9 nitrogen and oxygen atoms in total. The first kappa shape index (κ1) is 19.8. The lowest BCUT2D eigenvalue weighted by atomic mass is 10.1. The van der Waals surface area contributed by atoms with Crippen molar-refractivity contribution < 1.29 is 9.66 Å². The summed E-state index contributed by atoms with van der Waals surface area (Å²) in [6.07, 6.45) is 2.71. The van der Waals surface area contributed by atoms with Gasteiger partial charge in [-0.1, -0.05) is 11.6 Å². The van der Waals surface area contributed by atoms with E-state index >= 15 is 0 Å². The van der Waals surface area contributed by atoms with E-state index < -0.39 is 10.5 Å². The molecule has 0 bridgehead atoms. The number of hydrogen-bond donors (Lipinski definition) is 0. The molecular weight excluding hydrogens is 398 g/mol. The van der Waals surface area contributed by atoms with Crippen LogP contribution in [0.15, 0.2) is 35.3 Å². The summed E-state index contributed by atoms with van der Waals surface area (Å²) in [4.78, 5) is 27.5. The number of rotatable bonds is 5. The quantitative estimate of drug-likeness (QED) is 0.540. The van der Waals surface area contributed by atoms with E-state index in [-0.39, 0.29) is 10.7 Å². The van der Waals surface area contributed by atoms with Crippen LogP contribution in [0.1, 0.15) is 6.42 Å². The van der Waals surface area contributed by atoms with E-state index in [4.69, 9.17) is 16.3 Å². The van der Waals surface area contributed by atoms with Crippen molar-refractivity contribution in [2.75, 3.05) is 50.8 Å². The molecule has 2 saturated heterocycles. The minimum Gasteiger partial charge on any atom is -0.381 e. The Morgan fingerprint density at radius 3 is 2.55 bits per heavy atom. The van der Waals surface area contributed by atoms with Crippen LogP contribution in [0, 0.1) is 16.0 Å². The van der Waals surface area contributed by atoms with Gasteiger partial charge < -0.3 is 9.64 Å². The molecule has 2 aliphatic heterocycles. The Bertz CT molecular complexity index is 935. The molecule has 2 aliphatic rings. The number of ether oxygens (including phenoxy) is 1. The Morgan fingerprint density at radius 2 is 1.93 bits per heavy atom. The third kappa shape index (κ3) is 4.26. The van der Waals surface area contributed by atoms with Crippen molar-refractivity contribution in [2.45, 2.75) is 6.42 Å². The first-order valence-electron chi connectivity index (χ1n) is 9.60. The molecule has 1 atom stereocenters. The van der Waals surface area contributed by atoms with Gasteiger partial charge in [0.15, 0.2) is 0 Å². The van der Waals surface area contributed by atoms with Gasteiger partial charge in [-0.2, -0.15) is 9.78 Å². The molecule has 3 heterocycles. The Morgan fingerprint density at radius 1 is 1.21 bits per heavy atom. The largest absolute Gasteiger partial charge is 0.381 e. The molecule has 2 aromatic rings. The van der Waals surface area contributed by atoms with Crippen molar-refractivity contribution in [1.29, 1.82) is 0 Å². The fourth-order valence-electron chi connectivity index (χ4n) is 3.81. The SMILES string of the molecule is O=c1c(Cl)c(N2CCN(CC3CCOC3)CC2)cnn1-c1ccc([N+](=O)[O-])cc1. The summed E-state index contributed by atoms with van der Waals surface area (Å²) in [5, 5.41) is 15.1. The van der Waals surface area contributed by atoms with E-state index in [1.165, 1.54) is 24.3 Å². The number of benzene rings is 1. The average molecular weight is 420 g/mol. The maximum atomic E-state index is 12.7. The van der Waals surface area contributed by atoms with Crippen molar-refractivity contribution in [3.8, 4) is 5.69 Å². The minimum absolute atomic E-state index is 0.0495. The number of nitro benzene ring substituents is 1. The van der Waals surface area contributed by atoms with Crippen LogP contribution in [0.25, 0.3) is 5.69 Å². The normalized spacial score (nSPS) is 20.2. The van der Waals surface area contributed by atoms with E-state index in [1.807, 2.05) is 0 Å². The molecule has 1 aromatic heterocycles. The Kier molecular flexibility index (Phi) is 5.79. The number of hydrogen-bond acceptors (Lipinski definition) is 7. The molecule has 4 rings (SSSR count). The zero-order valence-corrected chi connectivity index (χ0v) is 16.6. The fourth-order valence-corrected chi connectivity index (χ4v) is 4.06. The highest BCUT2D eigenvalue weighted by Gasteiger charge is 2.25. The van der Waals surface area contributed by atoms with E-state index in [2.05, 4.69) is 14.9 Å². The summed E-state index contributed by atoms with van der Waals surface area (Å²) >= 11 is 6.38. The van der Waals surface area contributed by atoms with E-state index in [0.717, 1.165) is 57.0 Å². The van der Waals surface area contributed by atoms with Crippen molar-refractivity contribution in [1.82, 2.24) is 14.7 Å². The summed E-state index contributed by atoms with van der Waals surface area (Å²) in [7, 11) is 0. The summed E-state index contributed by atoms with van der Waals surface area (Å²) in [6, 6.07) is 5.63. The van der Waals surface area contributed by atoms with Crippen molar-refractivity contribution >= 4 is 23.0 Å². The number of non-ortho nitro benzene ring substituents is 1. The molecule has 1 unspecified atom stereocenters. The monoisotopic (exact) mass is 419 g/mol. The second-order valence-electron chi connectivity index (χ2n) is 7.35. The smallest absolute Gasteiger partial charge is 0.292 e. The van der Waals surface area contributed by atoms with Gasteiger partial charge in [0, 0.05) is 51.5 Å². The highest BCUT2D eigenvalue weighted by Crippen LogP contribution is 2.24. The number of anilines is 1. The second kappa shape index (κ2) is 8.48. The second-order valence-corrected chi connectivity index (χ2v) is 7.73. The summed E-state index contributed by atoms with van der Waals surface area (Å²) in [5.41, 5.74) is 0.562. The van der Waals surface area contributed by atoms with Crippen molar-refractivity contribution in [3.05, 3.63) is 56.0 Å². The Balaban J connectivity index is 1.46. The maximum absolute atomic E-state index is 12.7. The average Bonchev–Trinajstić information content (AvgIpc) is 3.24. The molecule has 10 heteroatoms. The van der Waals surface area contributed by atoms with Crippen LogP contribution in [0.5, 0.6) is 0 Å². The molecule has 0 amide bonds. The zero-order valence-electron chi connectivity index (χ0n) is 15.9. The summed E-state index contributed by atoms with van der Waals surface area (Å²) < 4.78 is 6.61. The van der Waals surface area contributed by atoms with Gasteiger partial charge in [-0.3, -0.25) is 19.8 Å². The molecule has 0 aliphatic carbocycles. The minimum atomic E-state index is -0.491. The lowest BCUT2D eigenvalue weighted by Crippen LogP contribution is -2.48. The van der Waals surface area contributed by atoms with Crippen molar-refractivity contribution in [2.24, 2.45) is 5.92 Å². The van der Waals surface area contributed by atoms with Crippen LogP contribution in [-0.4, -0.2) is 65.5 Å². The number of aromatic nitrogens is 2. The maximum Gasteiger partial charge on any atom is 0.292 e. The lowest BCUT2D eigenvalue weighted by molar-refractivity contribution is -0.384. The molecular formula is C19H22ClN5O4. The van der Waals surface area contributed by atoms with Gasteiger partial charge in [0.05, 0.1) is 29.1 Å². The lowest BCUT2D eigenvalue weighted by Gasteiger charge is -2.37. The topological polar surface area (TPSA) is 93.7 Å². The van der Waals surface area contributed by atoms with Crippen molar-refractivity contribution in [3.63, 3.8) is 0 Å². The standard InChI is InChI=1S/C19H22ClN5O4/c20-18-17(23-8-6-22(7-9-23)12-14-5-10-29-13-14)11-21-24(19(18)26)15-1-3-16(4-2-15)25(27)28/h1-4,11,14H,5-10,12-13H2. The first-order valence-corrected chi connectivity index (χ1v) is 9.98. The van der Waals surface area contributed by atoms with Gasteiger partial charge >= 0.3 is 0 Å². The van der Waals surface area contributed by atoms with Gasteiger partial charge in [-0.05, 0) is 24.5 Å². The van der Waals surface area contributed by atoms with Crippen LogP contribution >= 0.6 is 11.6 Å². The predicted molar refractivity (Wildman–Crippen MR) is 109 cm³/mol. The molecule has 0 radical (unpaired) electrons. The van der Waals surface area contributed by atoms with Crippen LogP contribution < -0.4 is 10.5 Å². The summed E-state index contributed by atoms with van der Waals surface area (Å²) in [6.45, 7) is 6.10. The molecule has 0 saturated carbocycles. The Labute approximate surface area is 172 Å². The van der Waals surface area contributed by atoms with E-state index in [1.54, 1.807) is 6.20 Å². The van der Waals surface area contributed by atoms with Gasteiger partial charge in [-0.15, -0.1) is 0 Å². The number of nitro groups is 1. The predicted octanol–water partition coefficient (Wildman–Crippen LogP) is 1.95. The fraction of sp³-hybridized carbons (Fsp3) is 0.474. The van der Waals surface area contributed by atoms with Gasteiger partial charge in [0.25, 0.3) is 11.2 Å². The van der Waals surface area contributed by atoms with Gasteiger partial charge in [-0.25, -0.2) is 0 Å². The number of piperazine rings is 1. The molecule has 154 valence electrons. The van der Waals surface area contributed by atoms with Crippen LogP contribution in [-0.2, 0) is 4.74 Å².